The predicted molar refractivity (Wildman–Crippen MR) is 80.7 cm³/mol. The maximum absolute atomic E-state index is 12.2. The highest BCUT2D eigenvalue weighted by atomic mass is 32.1. The summed E-state index contributed by atoms with van der Waals surface area (Å²) in [6.45, 7) is 7.16. The first-order chi connectivity index (χ1) is 10.0. The van der Waals surface area contributed by atoms with E-state index in [1.807, 2.05) is 13.8 Å². The Balaban J connectivity index is 1.85. The van der Waals surface area contributed by atoms with Gasteiger partial charge in [-0.2, -0.15) is 0 Å². The van der Waals surface area contributed by atoms with Gasteiger partial charge < -0.3 is 15.0 Å². The molecule has 1 fully saturated rings. The van der Waals surface area contributed by atoms with Gasteiger partial charge in [0.15, 0.2) is 0 Å². The van der Waals surface area contributed by atoms with Crippen LogP contribution in [0.4, 0.5) is 4.79 Å². The van der Waals surface area contributed by atoms with E-state index in [2.05, 4.69) is 10.3 Å². The minimum atomic E-state index is -0.267. The molecule has 21 heavy (non-hydrogen) atoms. The zero-order valence-corrected chi connectivity index (χ0v) is 13.5. The summed E-state index contributed by atoms with van der Waals surface area (Å²) in [6.07, 6.45) is 1.24. The van der Waals surface area contributed by atoms with Gasteiger partial charge in [-0.05, 0) is 33.6 Å². The average Bonchev–Trinajstić information content (AvgIpc) is 2.79. The van der Waals surface area contributed by atoms with Crippen LogP contribution in [0.2, 0.25) is 0 Å². The molecule has 116 valence electrons. The van der Waals surface area contributed by atoms with Gasteiger partial charge >= 0.3 is 6.09 Å². The third kappa shape index (κ3) is 3.93. The van der Waals surface area contributed by atoms with E-state index in [1.165, 1.54) is 11.3 Å². The molecule has 1 aromatic heterocycles. The summed E-state index contributed by atoms with van der Waals surface area (Å²) in [4.78, 5) is 30.5. The molecule has 1 aliphatic rings. The van der Waals surface area contributed by atoms with Crippen molar-refractivity contribution >= 4 is 23.3 Å². The highest BCUT2D eigenvalue weighted by molar-refractivity contribution is 7.13. The van der Waals surface area contributed by atoms with Crippen LogP contribution in [0.25, 0.3) is 0 Å². The number of aryl methyl sites for hydroxylation is 2. The lowest BCUT2D eigenvalue weighted by Gasteiger charge is -2.31. The molecule has 2 amide bonds. The third-order valence-corrected chi connectivity index (χ3v) is 4.54. The molecule has 1 aliphatic heterocycles. The summed E-state index contributed by atoms with van der Waals surface area (Å²) in [7, 11) is 0. The molecule has 0 bridgehead atoms. The molecular formula is C14H21N3O3S. The number of carbonyl (C=O) groups is 2. The number of rotatable bonds is 3. The number of nitrogens with one attached hydrogen (secondary N) is 1. The number of likely N-dealkylation sites (tertiary alicyclic amines) is 1. The maximum Gasteiger partial charge on any atom is 0.409 e. The molecule has 0 saturated carbocycles. The van der Waals surface area contributed by atoms with Crippen molar-refractivity contribution in [1.82, 2.24) is 15.2 Å². The van der Waals surface area contributed by atoms with Gasteiger partial charge in [0.1, 0.15) is 4.88 Å². The van der Waals surface area contributed by atoms with Crippen molar-refractivity contribution in [3.05, 3.63) is 15.6 Å². The topological polar surface area (TPSA) is 71.5 Å². The molecule has 7 heteroatoms. The molecule has 0 aliphatic carbocycles. The van der Waals surface area contributed by atoms with Gasteiger partial charge in [0.2, 0.25) is 0 Å². The number of hydrogen-bond donors (Lipinski definition) is 1. The molecule has 1 saturated heterocycles. The third-order valence-electron chi connectivity index (χ3n) is 3.47. The minimum absolute atomic E-state index is 0.0623. The first kappa shape index (κ1) is 15.8. The van der Waals surface area contributed by atoms with Crippen molar-refractivity contribution in [1.29, 1.82) is 0 Å². The Morgan fingerprint density at radius 3 is 2.57 bits per heavy atom. The molecule has 6 nitrogen and oxygen atoms in total. The minimum Gasteiger partial charge on any atom is -0.450 e. The van der Waals surface area contributed by atoms with Crippen molar-refractivity contribution in [2.45, 2.75) is 39.7 Å². The SMILES string of the molecule is CCOC(=O)N1CCC(NC(=O)c2sc(C)nc2C)CC1. The Bertz CT molecular complexity index is 522. The van der Waals surface area contributed by atoms with E-state index in [4.69, 9.17) is 4.74 Å². The van der Waals surface area contributed by atoms with Crippen molar-refractivity contribution in [3.8, 4) is 0 Å². The van der Waals surface area contributed by atoms with Crippen molar-refractivity contribution in [3.63, 3.8) is 0 Å². The Kier molecular flexibility index (Phi) is 5.17. The van der Waals surface area contributed by atoms with Crippen LogP contribution in [0, 0.1) is 13.8 Å². The van der Waals surface area contributed by atoms with Crippen LogP contribution >= 0.6 is 11.3 Å². The standard InChI is InChI=1S/C14H21N3O3S/c1-4-20-14(19)17-7-5-11(6-8-17)16-13(18)12-9(2)15-10(3)21-12/h11H,4-8H2,1-3H3,(H,16,18). The van der Waals surface area contributed by atoms with E-state index >= 15 is 0 Å². The van der Waals surface area contributed by atoms with Crippen LogP contribution in [0.15, 0.2) is 0 Å². The smallest absolute Gasteiger partial charge is 0.409 e. The second-order valence-electron chi connectivity index (χ2n) is 5.08. The Morgan fingerprint density at radius 2 is 2.05 bits per heavy atom. The molecule has 1 N–H and O–H groups in total. The van der Waals surface area contributed by atoms with E-state index < -0.39 is 0 Å². The summed E-state index contributed by atoms with van der Waals surface area (Å²) in [5.41, 5.74) is 0.777. The van der Waals surface area contributed by atoms with E-state index in [1.54, 1.807) is 11.8 Å². The molecule has 0 atom stereocenters. The number of aromatic nitrogens is 1. The van der Waals surface area contributed by atoms with Gasteiger partial charge in [-0.15, -0.1) is 11.3 Å². The summed E-state index contributed by atoms with van der Waals surface area (Å²) in [5, 5.41) is 3.93. The van der Waals surface area contributed by atoms with Gasteiger partial charge in [0.25, 0.3) is 5.91 Å². The second kappa shape index (κ2) is 6.89. The first-order valence-electron chi connectivity index (χ1n) is 7.17. The fraction of sp³-hybridized carbons (Fsp3) is 0.643. The molecule has 0 radical (unpaired) electrons. The van der Waals surface area contributed by atoms with E-state index in [-0.39, 0.29) is 18.0 Å². The van der Waals surface area contributed by atoms with Crippen LogP contribution in [0.1, 0.15) is 40.1 Å². The summed E-state index contributed by atoms with van der Waals surface area (Å²) in [6, 6.07) is 0.102. The predicted octanol–water partition coefficient (Wildman–Crippen LogP) is 2.11. The summed E-state index contributed by atoms with van der Waals surface area (Å²) < 4.78 is 4.98. The number of thiazole rings is 1. The van der Waals surface area contributed by atoms with Crippen LogP contribution in [0.3, 0.4) is 0 Å². The summed E-state index contributed by atoms with van der Waals surface area (Å²) in [5.74, 6) is -0.0623. The zero-order chi connectivity index (χ0) is 15.4. The molecular weight excluding hydrogens is 290 g/mol. The van der Waals surface area contributed by atoms with Crippen LogP contribution in [0.5, 0.6) is 0 Å². The highest BCUT2D eigenvalue weighted by Gasteiger charge is 2.25. The quantitative estimate of drug-likeness (QED) is 0.928. The molecule has 2 heterocycles. The number of piperidine rings is 1. The zero-order valence-electron chi connectivity index (χ0n) is 12.6. The largest absolute Gasteiger partial charge is 0.450 e. The Hall–Kier alpha value is -1.63. The number of amides is 2. The van der Waals surface area contributed by atoms with Gasteiger partial charge in [-0.25, -0.2) is 9.78 Å². The van der Waals surface area contributed by atoms with Crippen LogP contribution < -0.4 is 5.32 Å². The lowest BCUT2D eigenvalue weighted by molar-refractivity contribution is 0.0862. The van der Waals surface area contributed by atoms with E-state index in [9.17, 15) is 9.59 Å². The molecule has 0 spiro atoms. The number of nitrogens with zero attached hydrogens (tertiary/aromatic N) is 2. The van der Waals surface area contributed by atoms with Crippen molar-refractivity contribution in [2.24, 2.45) is 0 Å². The molecule has 2 rings (SSSR count). The van der Waals surface area contributed by atoms with Gasteiger partial charge in [-0.1, -0.05) is 0 Å². The molecule has 0 aromatic carbocycles. The Labute approximate surface area is 128 Å². The lowest BCUT2D eigenvalue weighted by Crippen LogP contribution is -2.46. The number of carbonyl (C=O) groups excluding carboxylic acids is 2. The second-order valence-corrected chi connectivity index (χ2v) is 6.28. The van der Waals surface area contributed by atoms with Crippen molar-refractivity contribution < 1.29 is 14.3 Å². The van der Waals surface area contributed by atoms with Gasteiger partial charge in [0.05, 0.1) is 17.3 Å². The summed E-state index contributed by atoms with van der Waals surface area (Å²) >= 11 is 1.42. The van der Waals surface area contributed by atoms with Gasteiger partial charge in [-0.3, -0.25) is 4.79 Å². The fourth-order valence-corrected chi connectivity index (χ4v) is 3.24. The van der Waals surface area contributed by atoms with Gasteiger partial charge in [0, 0.05) is 19.1 Å². The molecule has 1 aromatic rings. The molecule has 0 unspecified atom stereocenters. The van der Waals surface area contributed by atoms with Crippen LogP contribution in [-0.4, -0.2) is 47.6 Å². The number of ether oxygens (including phenoxy) is 1. The van der Waals surface area contributed by atoms with E-state index in [0.29, 0.717) is 24.6 Å². The number of hydrogen-bond acceptors (Lipinski definition) is 5. The fourth-order valence-electron chi connectivity index (χ4n) is 2.41. The first-order valence-corrected chi connectivity index (χ1v) is 7.99. The lowest BCUT2D eigenvalue weighted by atomic mass is 10.1. The average molecular weight is 311 g/mol. The normalized spacial score (nSPS) is 15.9. The monoisotopic (exact) mass is 311 g/mol. The van der Waals surface area contributed by atoms with E-state index in [0.717, 1.165) is 23.5 Å². The van der Waals surface area contributed by atoms with Crippen LogP contribution in [-0.2, 0) is 4.74 Å². The van der Waals surface area contributed by atoms with Crippen molar-refractivity contribution in [2.75, 3.05) is 19.7 Å². The Morgan fingerprint density at radius 1 is 1.38 bits per heavy atom. The highest BCUT2D eigenvalue weighted by Crippen LogP contribution is 2.18. The maximum atomic E-state index is 12.2.